The second kappa shape index (κ2) is 8.24. The Morgan fingerprint density at radius 2 is 1.83 bits per heavy atom. The normalized spacial score (nSPS) is 15.6. The van der Waals surface area contributed by atoms with Gasteiger partial charge in [-0.1, -0.05) is 30.3 Å². The first kappa shape index (κ1) is 16.2. The maximum Gasteiger partial charge on any atom is 0.220 e. The van der Waals surface area contributed by atoms with Crippen LogP contribution in [0, 0.1) is 0 Å². The maximum atomic E-state index is 11.9. The van der Waals surface area contributed by atoms with Gasteiger partial charge < -0.3 is 19.5 Å². The van der Waals surface area contributed by atoms with Crippen LogP contribution in [0.4, 0.5) is 0 Å². The van der Waals surface area contributed by atoms with Crippen molar-refractivity contribution in [3.63, 3.8) is 0 Å². The summed E-state index contributed by atoms with van der Waals surface area (Å²) in [7, 11) is 0. The quantitative estimate of drug-likeness (QED) is 0.795. The molecule has 126 valence electrons. The maximum absolute atomic E-state index is 11.9. The number of carbonyl (C=O) groups excluding carboxylic acids is 1. The average Bonchev–Trinajstić information content (AvgIpc) is 2.64. The zero-order valence-electron chi connectivity index (χ0n) is 13.4. The molecule has 3 rings (SSSR count). The molecule has 1 atom stereocenters. The fraction of sp³-hybridized carbons (Fsp3) is 0.316. The lowest BCUT2D eigenvalue weighted by Gasteiger charge is -2.26. The number of nitrogens with one attached hydrogen (secondary N) is 1. The average molecular weight is 327 g/mol. The van der Waals surface area contributed by atoms with Crippen LogP contribution >= 0.6 is 0 Å². The van der Waals surface area contributed by atoms with Crippen molar-refractivity contribution in [3.8, 4) is 17.2 Å². The first-order valence-corrected chi connectivity index (χ1v) is 8.14. The van der Waals surface area contributed by atoms with Crippen molar-refractivity contribution in [3.05, 3.63) is 54.6 Å². The Morgan fingerprint density at radius 1 is 1.08 bits per heavy atom. The standard InChI is InChI=1S/C19H21NO4/c21-19(11-6-12-22-15-7-2-1-3-8-15)20-13-16-14-23-17-9-4-5-10-18(17)24-16/h1-5,7-10,16H,6,11-14H2,(H,20,21)/t16-/m0/s1. The molecule has 0 saturated carbocycles. The molecule has 0 aromatic heterocycles. The van der Waals surface area contributed by atoms with Gasteiger partial charge in [-0.05, 0) is 30.7 Å². The summed E-state index contributed by atoms with van der Waals surface area (Å²) in [6, 6.07) is 17.1. The topological polar surface area (TPSA) is 56.8 Å². The molecule has 5 nitrogen and oxygen atoms in total. The van der Waals surface area contributed by atoms with Crippen LogP contribution in [0.25, 0.3) is 0 Å². The van der Waals surface area contributed by atoms with Gasteiger partial charge in [0.2, 0.25) is 5.91 Å². The minimum Gasteiger partial charge on any atom is -0.494 e. The Hall–Kier alpha value is -2.69. The summed E-state index contributed by atoms with van der Waals surface area (Å²) >= 11 is 0. The van der Waals surface area contributed by atoms with Gasteiger partial charge in [0.1, 0.15) is 18.5 Å². The first-order valence-electron chi connectivity index (χ1n) is 8.14. The fourth-order valence-corrected chi connectivity index (χ4v) is 2.42. The predicted molar refractivity (Wildman–Crippen MR) is 90.5 cm³/mol. The molecule has 0 bridgehead atoms. The van der Waals surface area contributed by atoms with E-state index >= 15 is 0 Å². The molecule has 0 unspecified atom stereocenters. The summed E-state index contributed by atoms with van der Waals surface area (Å²) in [6.07, 6.45) is 0.937. The van der Waals surface area contributed by atoms with Gasteiger partial charge in [0.15, 0.2) is 11.5 Å². The van der Waals surface area contributed by atoms with E-state index < -0.39 is 0 Å². The summed E-state index contributed by atoms with van der Waals surface area (Å²) in [5.74, 6) is 2.29. The van der Waals surface area contributed by atoms with Crippen LogP contribution in [0.1, 0.15) is 12.8 Å². The molecular formula is C19H21NO4. The smallest absolute Gasteiger partial charge is 0.220 e. The van der Waals surface area contributed by atoms with Crippen LogP contribution in [0.15, 0.2) is 54.6 Å². The highest BCUT2D eigenvalue weighted by atomic mass is 16.6. The van der Waals surface area contributed by atoms with Gasteiger partial charge in [0.25, 0.3) is 0 Å². The Labute approximate surface area is 141 Å². The largest absolute Gasteiger partial charge is 0.494 e. The highest BCUT2D eigenvalue weighted by Crippen LogP contribution is 2.30. The molecule has 0 radical (unpaired) electrons. The summed E-state index contributed by atoms with van der Waals surface area (Å²) in [5.41, 5.74) is 0. The van der Waals surface area contributed by atoms with E-state index in [0.717, 1.165) is 17.2 Å². The SMILES string of the molecule is O=C(CCCOc1ccccc1)NC[C@H]1COc2ccccc2O1. The van der Waals surface area contributed by atoms with Crippen LogP contribution in [0.3, 0.4) is 0 Å². The highest BCUT2D eigenvalue weighted by Gasteiger charge is 2.20. The van der Waals surface area contributed by atoms with E-state index in [9.17, 15) is 4.79 Å². The molecule has 24 heavy (non-hydrogen) atoms. The Morgan fingerprint density at radius 3 is 2.67 bits per heavy atom. The number of ether oxygens (including phenoxy) is 3. The molecule has 1 aliphatic heterocycles. The van der Waals surface area contributed by atoms with Crippen LogP contribution < -0.4 is 19.5 Å². The monoisotopic (exact) mass is 327 g/mol. The third kappa shape index (κ3) is 4.65. The van der Waals surface area contributed by atoms with Gasteiger partial charge in [-0.2, -0.15) is 0 Å². The molecule has 2 aromatic rings. The van der Waals surface area contributed by atoms with Gasteiger partial charge in [-0.15, -0.1) is 0 Å². The van der Waals surface area contributed by atoms with Crippen molar-refractivity contribution in [1.82, 2.24) is 5.32 Å². The van der Waals surface area contributed by atoms with Crippen molar-refractivity contribution < 1.29 is 19.0 Å². The lowest BCUT2D eigenvalue weighted by Crippen LogP contribution is -2.40. The van der Waals surface area contributed by atoms with E-state index in [1.165, 1.54) is 0 Å². The molecule has 1 heterocycles. The molecule has 0 spiro atoms. The zero-order valence-corrected chi connectivity index (χ0v) is 13.4. The predicted octanol–water partition coefficient (Wildman–Crippen LogP) is 2.80. The second-order valence-electron chi connectivity index (χ2n) is 5.57. The van der Waals surface area contributed by atoms with Crippen LogP contribution in [0.2, 0.25) is 0 Å². The molecule has 1 amide bonds. The molecule has 0 saturated heterocycles. The van der Waals surface area contributed by atoms with Gasteiger partial charge >= 0.3 is 0 Å². The third-order valence-electron chi connectivity index (χ3n) is 3.65. The molecule has 2 aromatic carbocycles. The number of fused-ring (bicyclic) bond motifs is 1. The van der Waals surface area contributed by atoms with Crippen molar-refractivity contribution in [1.29, 1.82) is 0 Å². The zero-order chi connectivity index (χ0) is 16.6. The van der Waals surface area contributed by atoms with Crippen molar-refractivity contribution in [2.45, 2.75) is 18.9 Å². The van der Waals surface area contributed by atoms with E-state index in [0.29, 0.717) is 32.6 Å². The Bertz CT molecular complexity index is 659. The number of hydrogen-bond acceptors (Lipinski definition) is 4. The summed E-state index contributed by atoms with van der Waals surface area (Å²) in [4.78, 5) is 11.9. The summed E-state index contributed by atoms with van der Waals surface area (Å²) in [5, 5.41) is 2.88. The number of carbonyl (C=O) groups is 1. The van der Waals surface area contributed by atoms with Crippen LogP contribution in [-0.4, -0.2) is 31.8 Å². The number of amides is 1. The van der Waals surface area contributed by atoms with E-state index in [1.807, 2.05) is 54.6 Å². The van der Waals surface area contributed by atoms with Crippen molar-refractivity contribution >= 4 is 5.91 Å². The fourth-order valence-electron chi connectivity index (χ4n) is 2.42. The molecule has 0 aliphatic carbocycles. The summed E-state index contributed by atoms with van der Waals surface area (Å²) in [6.45, 7) is 1.40. The minimum atomic E-state index is -0.163. The third-order valence-corrected chi connectivity index (χ3v) is 3.65. The molecule has 5 heteroatoms. The van der Waals surface area contributed by atoms with Gasteiger partial charge in [0, 0.05) is 6.42 Å². The first-order chi connectivity index (χ1) is 11.8. The van der Waals surface area contributed by atoms with Crippen LogP contribution in [-0.2, 0) is 4.79 Å². The minimum absolute atomic E-state index is 0.00544. The Kier molecular flexibility index (Phi) is 5.56. The van der Waals surface area contributed by atoms with Gasteiger partial charge in [0.05, 0.1) is 13.2 Å². The van der Waals surface area contributed by atoms with Gasteiger partial charge in [-0.25, -0.2) is 0 Å². The van der Waals surface area contributed by atoms with Crippen LogP contribution in [0.5, 0.6) is 17.2 Å². The number of benzene rings is 2. The summed E-state index contributed by atoms with van der Waals surface area (Å²) < 4.78 is 17.0. The molecular weight excluding hydrogens is 306 g/mol. The van der Waals surface area contributed by atoms with Crippen molar-refractivity contribution in [2.75, 3.05) is 19.8 Å². The van der Waals surface area contributed by atoms with Gasteiger partial charge in [-0.3, -0.25) is 4.79 Å². The second-order valence-corrected chi connectivity index (χ2v) is 5.57. The van der Waals surface area contributed by atoms with E-state index in [4.69, 9.17) is 14.2 Å². The van der Waals surface area contributed by atoms with Crippen molar-refractivity contribution in [2.24, 2.45) is 0 Å². The number of para-hydroxylation sites is 3. The Balaban J connectivity index is 1.32. The number of rotatable bonds is 7. The highest BCUT2D eigenvalue weighted by molar-refractivity contribution is 5.75. The molecule has 1 aliphatic rings. The molecule has 1 N–H and O–H groups in total. The van der Waals surface area contributed by atoms with E-state index in [-0.39, 0.29) is 12.0 Å². The van der Waals surface area contributed by atoms with E-state index in [1.54, 1.807) is 0 Å². The number of hydrogen-bond donors (Lipinski definition) is 1. The lowest BCUT2D eigenvalue weighted by molar-refractivity contribution is -0.121. The van der Waals surface area contributed by atoms with E-state index in [2.05, 4.69) is 5.32 Å². The lowest BCUT2D eigenvalue weighted by atomic mass is 10.2. The molecule has 0 fully saturated rings.